The van der Waals surface area contributed by atoms with Crippen LogP contribution in [0.4, 0.5) is 5.69 Å². The Kier molecular flexibility index (Phi) is 5.18. The number of thioether (sulfide) groups is 1. The second-order valence-corrected chi connectivity index (χ2v) is 6.36. The SMILES string of the molecule is CSCCC(=O)Nc1cc(S(N)(=O)=O)ccc1C. The third kappa shape index (κ3) is 4.32. The molecule has 3 N–H and O–H groups in total. The van der Waals surface area contributed by atoms with E-state index in [2.05, 4.69) is 5.32 Å². The van der Waals surface area contributed by atoms with E-state index >= 15 is 0 Å². The van der Waals surface area contributed by atoms with Crippen LogP contribution < -0.4 is 10.5 Å². The van der Waals surface area contributed by atoms with Gasteiger partial charge in [0.15, 0.2) is 0 Å². The Hall–Kier alpha value is -1.05. The predicted octanol–water partition coefficient (Wildman–Crippen LogP) is 1.33. The minimum absolute atomic E-state index is 0.00623. The lowest BCUT2D eigenvalue weighted by molar-refractivity contribution is -0.115. The monoisotopic (exact) mass is 288 g/mol. The molecule has 0 saturated heterocycles. The summed E-state index contributed by atoms with van der Waals surface area (Å²) >= 11 is 1.58. The van der Waals surface area contributed by atoms with Crippen LogP contribution in [-0.4, -0.2) is 26.3 Å². The average Bonchev–Trinajstić information content (AvgIpc) is 2.28. The zero-order valence-corrected chi connectivity index (χ0v) is 11.9. The topological polar surface area (TPSA) is 89.3 Å². The first kappa shape index (κ1) is 15.0. The highest BCUT2D eigenvalue weighted by atomic mass is 32.2. The molecule has 18 heavy (non-hydrogen) atoms. The third-order valence-electron chi connectivity index (χ3n) is 2.34. The van der Waals surface area contributed by atoms with Crippen LogP contribution in [0.25, 0.3) is 0 Å². The lowest BCUT2D eigenvalue weighted by Gasteiger charge is -2.09. The molecular weight excluding hydrogens is 272 g/mol. The van der Waals surface area contributed by atoms with Gasteiger partial charge in [-0.05, 0) is 30.9 Å². The van der Waals surface area contributed by atoms with Crippen molar-refractivity contribution in [2.45, 2.75) is 18.2 Å². The fourth-order valence-electron chi connectivity index (χ4n) is 1.32. The highest BCUT2D eigenvalue weighted by molar-refractivity contribution is 7.98. The van der Waals surface area contributed by atoms with Crippen LogP contribution in [0.1, 0.15) is 12.0 Å². The van der Waals surface area contributed by atoms with Crippen LogP contribution in [0.15, 0.2) is 23.1 Å². The van der Waals surface area contributed by atoms with Gasteiger partial charge in [-0.25, -0.2) is 13.6 Å². The van der Waals surface area contributed by atoms with E-state index in [4.69, 9.17) is 5.14 Å². The first-order chi connectivity index (χ1) is 8.34. The van der Waals surface area contributed by atoms with E-state index in [1.165, 1.54) is 12.1 Å². The lowest BCUT2D eigenvalue weighted by Crippen LogP contribution is -2.15. The molecule has 0 aromatic heterocycles. The molecule has 0 bridgehead atoms. The van der Waals surface area contributed by atoms with Gasteiger partial charge >= 0.3 is 0 Å². The van der Waals surface area contributed by atoms with E-state index in [-0.39, 0.29) is 10.8 Å². The zero-order chi connectivity index (χ0) is 13.8. The average molecular weight is 288 g/mol. The summed E-state index contributed by atoms with van der Waals surface area (Å²) in [7, 11) is -3.75. The van der Waals surface area contributed by atoms with Crippen molar-refractivity contribution in [2.75, 3.05) is 17.3 Å². The van der Waals surface area contributed by atoms with Gasteiger partial charge in [0.25, 0.3) is 0 Å². The molecule has 0 saturated carbocycles. The van der Waals surface area contributed by atoms with E-state index in [0.29, 0.717) is 12.1 Å². The van der Waals surface area contributed by atoms with Crippen LogP contribution in [0.3, 0.4) is 0 Å². The number of primary sulfonamides is 1. The molecule has 0 aliphatic carbocycles. The van der Waals surface area contributed by atoms with E-state index in [1.54, 1.807) is 24.8 Å². The molecule has 7 heteroatoms. The first-order valence-corrected chi connectivity index (χ1v) is 8.21. The molecule has 5 nitrogen and oxygen atoms in total. The molecule has 0 aliphatic rings. The van der Waals surface area contributed by atoms with Crippen LogP contribution in [0.2, 0.25) is 0 Å². The molecule has 0 radical (unpaired) electrons. The van der Waals surface area contributed by atoms with Gasteiger partial charge in [0.2, 0.25) is 15.9 Å². The summed E-state index contributed by atoms with van der Waals surface area (Å²) in [6.45, 7) is 1.79. The Morgan fingerprint density at radius 3 is 2.67 bits per heavy atom. The number of sulfonamides is 1. The van der Waals surface area contributed by atoms with Gasteiger partial charge in [-0.15, -0.1) is 0 Å². The second kappa shape index (κ2) is 6.21. The van der Waals surface area contributed by atoms with Crippen LogP contribution in [0, 0.1) is 6.92 Å². The summed E-state index contributed by atoms with van der Waals surface area (Å²) in [6, 6.07) is 4.41. The largest absolute Gasteiger partial charge is 0.326 e. The molecule has 1 rings (SSSR count). The van der Waals surface area contributed by atoms with Gasteiger partial charge in [0, 0.05) is 17.9 Å². The number of nitrogens with two attached hydrogens (primary N) is 1. The predicted molar refractivity (Wildman–Crippen MR) is 74.2 cm³/mol. The van der Waals surface area contributed by atoms with E-state index in [9.17, 15) is 13.2 Å². The summed E-state index contributed by atoms with van der Waals surface area (Å²) in [4.78, 5) is 11.6. The van der Waals surface area contributed by atoms with Gasteiger partial charge in [0.1, 0.15) is 0 Å². The number of hydrogen-bond donors (Lipinski definition) is 2. The zero-order valence-electron chi connectivity index (χ0n) is 10.3. The maximum atomic E-state index is 11.6. The quantitative estimate of drug-likeness (QED) is 0.855. The maximum absolute atomic E-state index is 11.6. The number of carbonyl (C=O) groups is 1. The highest BCUT2D eigenvalue weighted by Gasteiger charge is 2.11. The van der Waals surface area contributed by atoms with E-state index in [1.807, 2.05) is 6.26 Å². The molecule has 0 spiro atoms. The maximum Gasteiger partial charge on any atom is 0.238 e. The molecule has 0 unspecified atom stereocenters. The minimum Gasteiger partial charge on any atom is -0.326 e. The number of hydrogen-bond acceptors (Lipinski definition) is 4. The summed E-state index contributed by atoms with van der Waals surface area (Å²) in [5.41, 5.74) is 1.27. The molecule has 0 heterocycles. The Balaban J connectivity index is 2.92. The summed E-state index contributed by atoms with van der Waals surface area (Å²) in [5, 5.41) is 7.73. The Morgan fingerprint density at radius 1 is 1.44 bits per heavy atom. The van der Waals surface area contributed by atoms with E-state index in [0.717, 1.165) is 11.3 Å². The molecular formula is C11H16N2O3S2. The number of amides is 1. The molecule has 1 amide bonds. The fourth-order valence-corrected chi connectivity index (χ4v) is 2.25. The van der Waals surface area contributed by atoms with Crippen LogP contribution in [-0.2, 0) is 14.8 Å². The van der Waals surface area contributed by atoms with Crippen LogP contribution >= 0.6 is 11.8 Å². The Labute approximate surface area is 111 Å². The van der Waals surface area contributed by atoms with Crippen molar-refractivity contribution in [1.82, 2.24) is 0 Å². The number of benzene rings is 1. The van der Waals surface area contributed by atoms with Gasteiger partial charge < -0.3 is 5.32 Å². The molecule has 0 atom stereocenters. The van der Waals surface area contributed by atoms with Crippen molar-refractivity contribution >= 4 is 33.4 Å². The Morgan fingerprint density at radius 2 is 2.11 bits per heavy atom. The van der Waals surface area contributed by atoms with Gasteiger partial charge in [-0.2, -0.15) is 11.8 Å². The standard InChI is InChI=1S/C11H16N2O3S2/c1-8-3-4-9(18(12,15)16)7-10(8)13-11(14)5-6-17-2/h3-4,7H,5-6H2,1-2H3,(H,13,14)(H2,12,15,16). The van der Waals surface area contributed by atoms with Crippen molar-refractivity contribution in [3.05, 3.63) is 23.8 Å². The Bertz CT molecular complexity index is 541. The van der Waals surface area contributed by atoms with Crippen molar-refractivity contribution in [1.29, 1.82) is 0 Å². The van der Waals surface area contributed by atoms with Crippen molar-refractivity contribution in [3.63, 3.8) is 0 Å². The number of anilines is 1. The van der Waals surface area contributed by atoms with Crippen molar-refractivity contribution in [2.24, 2.45) is 5.14 Å². The third-order valence-corrected chi connectivity index (χ3v) is 3.87. The summed E-state index contributed by atoms with van der Waals surface area (Å²) in [5.74, 6) is 0.582. The lowest BCUT2D eigenvalue weighted by atomic mass is 10.2. The number of aryl methyl sites for hydroxylation is 1. The summed E-state index contributed by atoms with van der Waals surface area (Å²) < 4.78 is 22.4. The van der Waals surface area contributed by atoms with Gasteiger partial charge in [-0.3, -0.25) is 4.79 Å². The van der Waals surface area contributed by atoms with Crippen molar-refractivity contribution in [3.8, 4) is 0 Å². The molecule has 0 aliphatic heterocycles. The molecule has 0 fully saturated rings. The van der Waals surface area contributed by atoms with Gasteiger partial charge in [-0.1, -0.05) is 6.07 Å². The normalized spacial score (nSPS) is 11.3. The molecule has 1 aromatic rings. The number of carbonyl (C=O) groups excluding carboxylic acids is 1. The van der Waals surface area contributed by atoms with E-state index < -0.39 is 10.0 Å². The smallest absolute Gasteiger partial charge is 0.238 e. The first-order valence-electron chi connectivity index (χ1n) is 5.27. The fraction of sp³-hybridized carbons (Fsp3) is 0.364. The van der Waals surface area contributed by atoms with Gasteiger partial charge in [0.05, 0.1) is 4.90 Å². The number of rotatable bonds is 5. The van der Waals surface area contributed by atoms with Crippen LogP contribution in [0.5, 0.6) is 0 Å². The number of nitrogens with one attached hydrogen (secondary N) is 1. The van der Waals surface area contributed by atoms with Crippen molar-refractivity contribution < 1.29 is 13.2 Å². The second-order valence-electron chi connectivity index (χ2n) is 3.81. The highest BCUT2D eigenvalue weighted by Crippen LogP contribution is 2.19. The summed E-state index contributed by atoms with van der Waals surface area (Å²) in [6.07, 6.45) is 2.31. The molecule has 100 valence electrons. The molecule has 1 aromatic carbocycles. The minimum atomic E-state index is -3.75.